The number of carbonyl (C=O) groups excluding carboxylic acids is 1. The summed E-state index contributed by atoms with van der Waals surface area (Å²) in [6.07, 6.45) is 0.642. The van der Waals surface area contributed by atoms with Crippen LogP contribution in [0.1, 0.15) is 31.9 Å². The van der Waals surface area contributed by atoms with Crippen LogP contribution in [0.5, 0.6) is 5.75 Å². The molecule has 0 saturated carbocycles. The van der Waals surface area contributed by atoms with E-state index in [4.69, 9.17) is 4.74 Å². The first-order chi connectivity index (χ1) is 14.2. The van der Waals surface area contributed by atoms with Gasteiger partial charge < -0.3 is 10.1 Å². The number of hydrogen-bond donors (Lipinski definition) is 2. The smallest absolute Gasteiger partial charge is 0.241 e. The third-order valence-electron chi connectivity index (χ3n) is 4.94. The van der Waals surface area contributed by atoms with Gasteiger partial charge >= 0.3 is 0 Å². The van der Waals surface area contributed by atoms with Crippen LogP contribution in [0.15, 0.2) is 52.3 Å². The quantitative estimate of drug-likeness (QED) is 0.672. The molecule has 3 rings (SSSR count). The highest BCUT2D eigenvalue weighted by Gasteiger charge is 2.31. The molecule has 0 fully saturated rings. The molecule has 0 saturated heterocycles. The SMILES string of the molecule is COc1ccc(S(=O)(=O)N[C@H](C(=O)NC2CCSc3c(F)cccc32)C(C)C)cc1. The van der Waals surface area contributed by atoms with Crippen molar-refractivity contribution in [1.29, 1.82) is 0 Å². The Labute approximate surface area is 180 Å². The monoisotopic (exact) mass is 452 g/mol. The summed E-state index contributed by atoms with van der Waals surface area (Å²) in [7, 11) is -2.42. The standard InChI is InChI=1S/C21H25FN2O4S2/c1-13(2)19(24-30(26,27)15-9-7-14(28-3)8-10-15)21(25)23-18-11-12-29-20-16(18)5-4-6-17(20)22/h4-10,13,18-19,24H,11-12H2,1-3H3,(H,23,25)/t18?,19-/m0/s1. The molecule has 0 spiro atoms. The number of amides is 1. The van der Waals surface area contributed by atoms with E-state index in [-0.39, 0.29) is 22.7 Å². The molecule has 1 amide bonds. The van der Waals surface area contributed by atoms with Gasteiger partial charge in [-0.3, -0.25) is 4.79 Å². The van der Waals surface area contributed by atoms with Crippen LogP contribution in [0.4, 0.5) is 4.39 Å². The van der Waals surface area contributed by atoms with Gasteiger partial charge in [-0.05, 0) is 48.2 Å². The second-order valence-electron chi connectivity index (χ2n) is 7.38. The van der Waals surface area contributed by atoms with Crippen LogP contribution in [0.3, 0.4) is 0 Å². The van der Waals surface area contributed by atoms with E-state index >= 15 is 0 Å². The minimum Gasteiger partial charge on any atom is -0.497 e. The van der Waals surface area contributed by atoms with Crippen LogP contribution in [0, 0.1) is 11.7 Å². The summed E-state index contributed by atoms with van der Waals surface area (Å²) in [6.45, 7) is 3.54. The fraction of sp³-hybridized carbons (Fsp3) is 0.381. The molecule has 1 heterocycles. The second-order valence-corrected chi connectivity index (χ2v) is 10.2. The number of rotatable bonds is 7. The van der Waals surface area contributed by atoms with Gasteiger partial charge in [-0.15, -0.1) is 11.8 Å². The van der Waals surface area contributed by atoms with E-state index in [1.54, 1.807) is 38.1 Å². The molecule has 9 heteroatoms. The molecule has 6 nitrogen and oxygen atoms in total. The van der Waals surface area contributed by atoms with Crippen molar-refractivity contribution in [2.45, 2.75) is 42.1 Å². The Hall–Kier alpha value is -2.10. The van der Waals surface area contributed by atoms with Gasteiger partial charge in [0.15, 0.2) is 0 Å². The molecule has 2 N–H and O–H groups in total. The number of hydrogen-bond acceptors (Lipinski definition) is 5. The molecule has 0 aliphatic carbocycles. The number of fused-ring (bicyclic) bond motifs is 1. The third kappa shape index (κ3) is 4.96. The number of benzene rings is 2. The third-order valence-corrected chi connectivity index (χ3v) is 7.56. The first kappa shape index (κ1) is 22.6. The molecular formula is C21H25FN2O4S2. The van der Waals surface area contributed by atoms with E-state index in [9.17, 15) is 17.6 Å². The summed E-state index contributed by atoms with van der Waals surface area (Å²) in [5.41, 5.74) is 0.722. The van der Waals surface area contributed by atoms with Crippen molar-refractivity contribution in [3.63, 3.8) is 0 Å². The lowest BCUT2D eigenvalue weighted by Gasteiger charge is -2.29. The highest BCUT2D eigenvalue weighted by molar-refractivity contribution is 7.99. The summed E-state index contributed by atoms with van der Waals surface area (Å²) < 4.78 is 47.3. The van der Waals surface area contributed by atoms with Crippen LogP contribution in [0.2, 0.25) is 0 Å². The van der Waals surface area contributed by atoms with Crippen LogP contribution < -0.4 is 14.8 Å². The molecule has 1 aliphatic heterocycles. The predicted molar refractivity (Wildman–Crippen MR) is 115 cm³/mol. The van der Waals surface area contributed by atoms with Gasteiger partial charge in [-0.1, -0.05) is 26.0 Å². The second kappa shape index (κ2) is 9.36. The fourth-order valence-corrected chi connectivity index (χ4v) is 5.76. The lowest BCUT2D eigenvalue weighted by Crippen LogP contribution is -2.50. The summed E-state index contributed by atoms with van der Waals surface area (Å²) >= 11 is 1.42. The summed E-state index contributed by atoms with van der Waals surface area (Å²) in [6, 6.07) is 9.42. The fourth-order valence-electron chi connectivity index (χ4n) is 3.28. The molecule has 2 aromatic rings. The number of thioether (sulfide) groups is 1. The highest BCUT2D eigenvalue weighted by atomic mass is 32.2. The van der Waals surface area contributed by atoms with E-state index in [1.807, 2.05) is 0 Å². The van der Waals surface area contributed by atoms with Crippen molar-refractivity contribution in [3.05, 3.63) is 53.8 Å². The van der Waals surface area contributed by atoms with Crippen molar-refractivity contribution in [2.75, 3.05) is 12.9 Å². The van der Waals surface area contributed by atoms with Gasteiger partial charge in [-0.2, -0.15) is 4.72 Å². The number of sulfonamides is 1. The summed E-state index contributed by atoms with van der Waals surface area (Å²) in [5, 5.41) is 2.91. The van der Waals surface area contributed by atoms with E-state index in [0.717, 1.165) is 5.56 Å². The van der Waals surface area contributed by atoms with Gasteiger partial charge in [-0.25, -0.2) is 12.8 Å². The zero-order valence-electron chi connectivity index (χ0n) is 17.0. The largest absolute Gasteiger partial charge is 0.497 e. The molecule has 2 aromatic carbocycles. The van der Waals surface area contributed by atoms with Gasteiger partial charge in [0.05, 0.1) is 18.0 Å². The maximum absolute atomic E-state index is 14.1. The molecule has 162 valence electrons. The van der Waals surface area contributed by atoms with Gasteiger partial charge in [0.1, 0.15) is 17.6 Å². The Morgan fingerprint density at radius 2 is 1.90 bits per heavy atom. The minimum absolute atomic E-state index is 0.0447. The normalized spacial score (nSPS) is 17.3. The number of ether oxygens (including phenoxy) is 1. The van der Waals surface area contributed by atoms with E-state index in [0.29, 0.717) is 22.8 Å². The zero-order valence-corrected chi connectivity index (χ0v) is 18.6. The predicted octanol–water partition coefficient (Wildman–Crippen LogP) is 3.49. The van der Waals surface area contributed by atoms with Crippen LogP contribution in [-0.2, 0) is 14.8 Å². The Morgan fingerprint density at radius 3 is 2.53 bits per heavy atom. The van der Waals surface area contributed by atoms with Crippen molar-refractivity contribution in [2.24, 2.45) is 5.92 Å². The zero-order chi connectivity index (χ0) is 21.9. The van der Waals surface area contributed by atoms with E-state index in [1.165, 1.54) is 37.1 Å². The number of carbonyl (C=O) groups is 1. The van der Waals surface area contributed by atoms with Crippen LogP contribution in [0.25, 0.3) is 0 Å². The highest BCUT2D eigenvalue weighted by Crippen LogP contribution is 2.37. The Bertz CT molecular complexity index is 1010. The lowest BCUT2D eigenvalue weighted by molar-refractivity contribution is -0.124. The first-order valence-corrected chi connectivity index (χ1v) is 12.1. The van der Waals surface area contributed by atoms with Crippen LogP contribution >= 0.6 is 11.8 Å². The van der Waals surface area contributed by atoms with Crippen LogP contribution in [-0.4, -0.2) is 33.2 Å². The van der Waals surface area contributed by atoms with Gasteiger partial charge in [0.2, 0.25) is 15.9 Å². The van der Waals surface area contributed by atoms with Crippen molar-refractivity contribution >= 4 is 27.7 Å². The first-order valence-electron chi connectivity index (χ1n) is 9.61. The average Bonchev–Trinajstić information content (AvgIpc) is 2.72. The van der Waals surface area contributed by atoms with E-state index < -0.39 is 22.0 Å². The van der Waals surface area contributed by atoms with Crippen molar-refractivity contribution in [1.82, 2.24) is 10.0 Å². The average molecular weight is 453 g/mol. The van der Waals surface area contributed by atoms with Crippen molar-refractivity contribution in [3.8, 4) is 5.75 Å². The molecule has 0 bridgehead atoms. The number of nitrogens with one attached hydrogen (secondary N) is 2. The molecule has 1 aliphatic rings. The molecule has 0 radical (unpaired) electrons. The van der Waals surface area contributed by atoms with Gasteiger partial charge in [0, 0.05) is 10.6 Å². The maximum atomic E-state index is 14.1. The lowest BCUT2D eigenvalue weighted by atomic mass is 10.0. The van der Waals surface area contributed by atoms with Gasteiger partial charge in [0.25, 0.3) is 0 Å². The maximum Gasteiger partial charge on any atom is 0.241 e. The van der Waals surface area contributed by atoms with Crippen molar-refractivity contribution < 1.29 is 22.3 Å². The summed E-state index contributed by atoms with van der Waals surface area (Å²) in [4.78, 5) is 13.6. The van der Waals surface area contributed by atoms with E-state index in [2.05, 4.69) is 10.0 Å². The molecule has 1 unspecified atom stereocenters. The minimum atomic E-state index is -3.91. The summed E-state index contributed by atoms with van der Waals surface area (Å²) in [5.74, 6) is 0.172. The molecule has 0 aromatic heterocycles. The number of methoxy groups -OCH3 is 1. The molecular weight excluding hydrogens is 427 g/mol. The Balaban J connectivity index is 1.78. The topological polar surface area (TPSA) is 84.5 Å². The Kier molecular flexibility index (Phi) is 7.05. The molecule has 30 heavy (non-hydrogen) atoms. The number of halogens is 1. The Morgan fingerprint density at radius 1 is 1.20 bits per heavy atom. The molecule has 2 atom stereocenters.